The highest BCUT2D eigenvalue weighted by atomic mass is 16.5. The fourth-order valence-corrected chi connectivity index (χ4v) is 3.46. The fourth-order valence-electron chi connectivity index (χ4n) is 3.46. The summed E-state index contributed by atoms with van der Waals surface area (Å²) in [6, 6.07) is 20.2. The summed E-state index contributed by atoms with van der Waals surface area (Å²) >= 11 is 0. The van der Waals surface area contributed by atoms with Crippen molar-refractivity contribution in [2.45, 2.75) is 45.2 Å². The zero-order valence-electron chi connectivity index (χ0n) is 15.9. The number of hydrogen-bond donors (Lipinski definition) is 1. The lowest BCUT2D eigenvalue weighted by Crippen LogP contribution is -2.44. The third-order valence-corrected chi connectivity index (χ3v) is 5.28. The van der Waals surface area contributed by atoms with Crippen molar-refractivity contribution in [3.63, 3.8) is 0 Å². The van der Waals surface area contributed by atoms with Gasteiger partial charge in [-0.2, -0.15) is 5.26 Å². The average molecular weight is 362 g/mol. The second-order valence-electron chi connectivity index (χ2n) is 7.26. The molecule has 0 amide bonds. The van der Waals surface area contributed by atoms with Gasteiger partial charge in [-0.05, 0) is 44.2 Å². The number of nitrogens with one attached hydrogen (secondary N) is 1. The maximum atomic E-state index is 12.4. The quantitative estimate of drug-likeness (QED) is 0.718. The third-order valence-electron chi connectivity index (χ3n) is 5.28. The number of carbonyl (C=O) groups excluding carboxylic acids is 1. The maximum absolute atomic E-state index is 12.4. The molecule has 1 aliphatic rings. The molecule has 27 heavy (non-hydrogen) atoms. The Morgan fingerprint density at radius 2 is 1.85 bits per heavy atom. The Bertz CT molecular complexity index is 805. The van der Waals surface area contributed by atoms with Crippen molar-refractivity contribution in [2.24, 2.45) is 5.41 Å². The predicted octanol–water partition coefficient (Wildman–Crippen LogP) is 4.10. The minimum absolute atomic E-state index is 0.0505. The van der Waals surface area contributed by atoms with Gasteiger partial charge in [-0.1, -0.05) is 60.2 Å². The van der Waals surface area contributed by atoms with Crippen LogP contribution in [0.2, 0.25) is 0 Å². The molecule has 1 fully saturated rings. The molecule has 140 valence electrons. The van der Waals surface area contributed by atoms with E-state index in [1.54, 1.807) is 6.92 Å². The molecule has 2 atom stereocenters. The molecule has 1 aliphatic carbocycles. The van der Waals surface area contributed by atoms with Gasteiger partial charge in [0, 0.05) is 6.04 Å². The molecule has 0 radical (unpaired) electrons. The van der Waals surface area contributed by atoms with Crippen LogP contribution in [0.15, 0.2) is 54.6 Å². The van der Waals surface area contributed by atoms with Crippen LogP contribution < -0.4 is 5.32 Å². The van der Waals surface area contributed by atoms with Crippen molar-refractivity contribution in [3.05, 3.63) is 71.3 Å². The van der Waals surface area contributed by atoms with E-state index >= 15 is 0 Å². The first-order valence-electron chi connectivity index (χ1n) is 9.52. The Hall–Kier alpha value is -2.64. The lowest BCUT2D eigenvalue weighted by Gasteiger charge is -2.27. The highest BCUT2D eigenvalue weighted by Crippen LogP contribution is 2.50. The highest BCUT2D eigenvalue weighted by Gasteiger charge is 2.58. The van der Waals surface area contributed by atoms with Gasteiger partial charge in [-0.25, -0.2) is 0 Å². The number of benzene rings is 2. The second kappa shape index (κ2) is 8.37. The molecule has 3 rings (SSSR count). The summed E-state index contributed by atoms with van der Waals surface area (Å²) in [4.78, 5) is 12.4. The monoisotopic (exact) mass is 362 g/mol. The highest BCUT2D eigenvalue weighted by molar-refractivity contribution is 5.81. The number of ether oxygens (including phenoxy) is 1. The Morgan fingerprint density at radius 1 is 1.19 bits per heavy atom. The molecular formula is C23H26N2O2. The molecule has 0 aromatic heterocycles. The Labute approximate surface area is 161 Å². The number of rotatable bonds is 8. The summed E-state index contributed by atoms with van der Waals surface area (Å²) in [6.07, 6.45) is 2.15. The van der Waals surface area contributed by atoms with Gasteiger partial charge in [-0.15, -0.1) is 0 Å². The summed E-state index contributed by atoms with van der Waals surface area (Å²) in [5, 5.41) is 13.3. The largest absolute Gasteiger partial charge is 0.465 e. The minimum atomic E-state index is -0.703. The van der Waals surface area contributed by atoms with Crippen LogP contribution in [-0.4, -0.2) is 18.6 Å². The number of carbonyl (C=O) groups is 1. The van der Waals surface area contributed by atoms with Crippen molar-refractivity contribution in [3.8, 4) is 6.07 Å². The normalized spacial score (nSPS) is 16.8. The van der Waals surface area contributed by atoms with Crippen LogP contribution in [0.4, 0.5) is 0 Å². The molecule has 4 heteroatoms. The zero-order chi connectivity index (χ0) is 19.3. The van der Waals surface area contributed by atoms with E-state index in [9.17, 15) is 10.1 Å². The standard InChI is InChI=1S/C23H26N2O2/c1-3-27-22(26)23(13-14-23)21(16-24)25-20(19-7-5-4-6-8-19)15-18-11-9-17(2)10-12-18/h4-12,20-21,25H,3,13-15H2,1-2H3/t20-,21?/m0/s1. The molecule has 2 aromatic rings. The van der Waals surface area contributed by atoms with Gasteiger partial charge >= 0.3 is 5.97 Å². The van der Waals surface area contributed by atoms with Crippen molar-refractivity contribution >= 4 is 5.97 Å². The van der Waals surface area contributed by atoms with E-state index in [4.69, 9.17) is 4.74 Å². The van der Waals surface area contributed by atoms with Crippen LogP contribution in [0.1, 0.15) is 42.5 Å². The number of nitriles is 1. The van der Waals surface area contributed by atoms with Gasteiger partial charge in [0.1, 0.15) is 6.04 Å². The van der Waals surface area contributed by atoms with E-state index in [0.717, 1.165) is 12.0 Å². The topological polar surface area (TPSA) is 62.1 Å². The van der Waals surface area contributed by atoms with Gasteiger partial charge < -0.3 is 4.74 Å². The maximum Gasteiger partial charge on any atom is 0.314 e. The first kappa shape index (κ1) is 19.1. The van der Waals surface area contributed by atoms with Crippen molar-refractivity contribution in [1.82, 2.24) is 5.32 Å². The van der Waals surface area contributed by atoms with E-state index in [0.29, 0.717) is 19.4 Å². The van der Waals surface area contributed by atoms with Crippen LogP contribution in [0.5, 0.6) is 0 Å². The minimum Gasteiger partial charge on any atom is -0.465 e. The molecule has 4 nitrogen and oxygen atoms in total. The van der Waals surface area contributed by atoms with Crippen LogP contribution in [0, 0.1) is 23.7 Å². The molecule has 0 heterocycles. The van der Waals surface area contributed by atoms with E-state index < -0.39 is 11.5 Å². The number of esters is 1. The van der Waals surface area contributed by atoms with Gasteiger partial charge in [0.25, 0.3) is 0 Å². The summed E-state index contributed by atoms with van der Waals surface area (Å²) in [5.41, 5.74) is 2.82. The summed E-state index contributed by atoms with van der Waals surface area (Å²) < 4.78 is 5.24. The molecule has 2 aromatic carbocycles. The van der Waals surface area contributed by atoms with Crippen molar-refractivity contribution in [1.29, 1.82) is 5.26 Å². The SMILES string of the molecule is CCOC(=O)C1(C(C#N)N[C@@H](Cc2ccc(C)cc2)c2ccccc2)CC1. The van der Waals surface area contributed by atoms with Gasteiger partial charge in [0.2, 0.25) is 0 Å². The van der Waals surface area contributed by atoms with Crippen molar-refractivity contribution < 1.29 is 9.53 Å². The summed E-state index contributed by atoms with van der Waals surface area (Å²) in [7, 11) is 0. The van der Waals surface area contributed by atoms with E-state index in [1.807, 2.05) is 18.2 Å². The molecular weight excluding hydrogens is 336 g/mol. The Morgan fingerprint density at radius 3 is 2.41 bits per heavy atom. The van der Waals surface area contributed by atoms with Gasteiger partial charge in [-0.3, -0.25) is 10.1 Å². The molecule has 1 N–H and O–H groups in total. The van der Waals surface area contributed by atoms with Crippen LogP contribution in [0.3, 0.4) is 0 Å². The van der Waals surface area contributed by atoms with E-state index in [1.165, 1.54) is 11.1 Å². The molecule has 0 spiro atoms. The average Bonchev–Trinajstić information content (AvgIpc) is 3.49. The fraction of sp³-hybridized carbons (Fsp3) is 0.391. The first-order chi connectivity index (χ1) is 13.1. The summed E-state index contributed by atoms with van der Waals surface area (Å²) in [5.74, 6) is -0.258. The van der Waals surface area contributed by atoms with Crippen LogP contribution >= 0.6 is 0 Å². The Balaban J connectivity index is 1.83. The Kier molecular flexibility index (Phi) is 5.93. The van der Waals surface area contributed by atoms with Crippen molar-refractivity contribution in [2.75, 3.05) is 6.61 Å². The van der Waals surface area contributed by atoms with E-state index in [-0.39, 0.29) is 12.0 Å². The van der Waals surface area contributed by atoms with E-state index in [2.05, 4.69) is 54.7 Å². The first-order valence-corrected chi connectivity index (χ1v) is 9.52. The zero-order valence-corrected chi connectivity index (χ0v) is 15.9. The number of hydrogen-bond acceptors (Lipinski definition) is 4. The number of nitrogens with zero attached hydrogens (tertiary/aromatic N) is 1. The van der Waals surface area contributed by atoms with Gasteiger partial charge in [0.15, 0.2) is 0 Å². The van der Waals surface area contributed by atoms with Crippen LogP contribution in [0.25, 0.3) is 0 Å². The molecule has 1 saturated carbocycles. The van der Waals surface area contributed by atoms with Crippen LogP contribution in [-0.2, 0) is 16.0 Å². The predicted molar refractivity (Wildman–Crippen MR) is 105 cm³/mol. The smallest absolute Gasteiger partial charge is 0.314 e. The molecule has 0 aliphatic heterocycles. The number of aryl methyl sites for hydroxylation is 1. The third kappa shape index (κ3) is 4.37. The lowest BCUT2D eigenvalue weighted by molar-refractivity contribution is -0.150. The second-order valence-corrected chi connectivity index (χ2v) is 7.26. The molecule has 0 bridgehead atoms. The lowest BCUT2D eigenvalue weighted by atomic mass is 9.92. The van der Waals surface area contributed by atoms with Gasteiger partial charge in [0.05, 0.1) is 18.1 Å². The summed E-state index contributed by atoms with van der Waals surface area (Å²) in [6.45, 7) is 4.20. The molecule has 1 unspecified atom stereocenters. The molecule has 0 saturated heterocycles.